The summed E-state index contributed by atoms with van der Waals surface area (Å²) in [5.41, 5.74) is 0. The minimum atomic E-state index is 0. The van der Waals surface area contributed by atoms with Crippen LogP contribution in [0.1, 0.15) is 32.1 Å². The summed E-state index contributed by atoms with van der Waals surface area (Å²) in [6, 6.07) is 0. The van der Waals surface area contributed by atoms with E-state index in [-0.39, 0.29) is 11.0 Å². The molecule has 1 aliphatic rings. The van der Waals surface area contributed by atoms with Gasteiger partial charge in [-0.15, -0.1) is 0 Å². The highest BCUT2D eigenvalue weighted by atomic mass is 16.0. The third kappa shape index (κ3) is 3.76. The van der Waals surface area contributed by atoms with Crippen LogP contribution in [0.5, 0.6) is 0 Å². The predicted molar refractivity (Wildman–Crippen MR) is 30.3 cm³/mol. The van der Waals surface area contributed by atoms with Gasteiger partial charge in [0.2, 0.25) is 0 Å². The Balaban J connectivity index is 0. The third-order valence-corrected chi connectivity index (χ3v) is 1.25. The Morgan fingerprint density at radius 3 is 0.714 bits per heavy atom. The van der Waals surface area contributed by atoms with Crippen LogP contribution in [-0.2, 0) is 0 Å². The molecule has 1 fully saturated rings. The van der Waals surface area contributed by atoms with Crippen LogP contribution in [0.2, 0.25) is 0 Å². The highest BCUT2D eigenvalue weighted by Gasteiger charge is 1.95. The third-order valence-electron chi connectivity index (χ3n) is 1.25. The van der Waals surface area contributed by atoms with Gasteiger partial charge in [-0.1, -0.05) is 32.1 Å². The molecule has 0 aromatic rings. The minimum absolute atomic E-state index is 0. The SMILES string of the molecule is C1CCCC1.O.O. The van der Waals surface area contributed by atoms with E-state index in [1.807, 2.05) is 0 Å². The molecule has 0 atom stereocenters. The molecular weight excluding hydrogens is 92.1 g/mol. The molecule has 0 amide bonds. The van der Waals surface area contributed by atoms with Crippen molar-refractivity contribution in [3.05, 3.63) is 0 Å². The van der Waals surface area contributed by atoms with Gasteiger partial charge in [0.05, 0.1) is 0 Å². The molecule has 0 unspecified atom stereocenters. The maximum atomic E-state index is 1.50. The van der Waals surface area contributed by atoms with E-state index in [2.05, 4.69) is 0 Å². The van der Waals surface area contributed by atoms with Crippen molar-refractivity contribution in [2.45, 2.75) is 32.1 Å². The largest absolute Gasteiger partial charge is 0.412 e. The first-order chi connectivity index (χ1) is 2.50. The Labute approximate surface area is 44.2 Å². The number of hydrogen-bond donors (Lipinski definition) is 0. The lowest BCUT2D eigenvalue weighted by molar-refractivity contribution is 0.823. The van der Waals surface area contributed by atoms with Gasteiger partial charge in [0.1, 0.15) is 0 Å². The van der Waals surface area contributed by atoms with Crippen molar-refractivity contribution in [3.63, 3.8) is 0 Å². The van der Waals surface area contributed by atoms with Gasteiger partial charge in [0.15, 0.2) is 0 Å². The summed E-state index contributed by atoms with van der Waals surface area (Å²) in [4.78, 5) is 0. The average Bonchev–Trinajstić information content (AvgIpc) is 1.76. The first-order valence-electron chi connectivity index (χ1n) is 2.50. The molecule has 1 saturated carbocycles. The maximum absolute atomic E-state index is 1.50. The van der Waals surface area contributed by atoms with Crippen molar-refractivity contribution in [3.8, 4) is 0 Å². The summed E-state index contributed by atoms with van der Waals surface area (Å²) in [5, 5.41) is 0. The van der Waals surface area contributed by atoms with Crippen molar-refractivity contribution >= 4 is 0 Å². The molecule has 0 radical (unpaired) electrons. The fraction of sp³-hybridized carbons (Fsp3) is 1.00. The minimum Gasteiger partial charge on any atom is -0.412 e. The Morgan fingerprint density at radius 2 is 0.571 bits per heavy atom. The predicted octanol–water partition coefficient (Wildman–Crippen LogP) is 0.301. The summed E-state index contributed by atoms with van der Waals surface area (Å²) < 4.78 is 0. The zero-order valence-corrected chi connectivity index (χ0v) is 4.54. The molecule has 7 heavy (non-hydrogen) atoms. The number of rotatable bonds is 0. The van der Waals surface area contributed by atoms with E-state index in [0.717, 1.165) is 0 Å². The van der Waals surface area contributed by atoms with E-state index in [1.54, 1.807) is 0 Å². The summed E-state index contributed by atoms with van der Waals surface area (Å²) in [5.74, 6) is 0. The molecule has 1 rings (SSSR count). The van der Waals surface area contributed by atoms with Crippen LogP contribution in [0.25, 0.3) is 0 Å². The molecule has 1 aliphatic carbocycles. The van der Waals surface area contributed by atoms with E-state index in [0.29, 0.717) is 0 Å². The fourth-order valence-electron chi connectivity index (χ4n) is 0.884. The molecular formula is C5H14O2. The van der Waals surface area contributed by atoms with Gasteiger partial charge in [-0.05, 0) is 0 Å². The van der Waals surface area contributed by atoms with E-state index >= 15 is 0 Å². The van der Waals surface area contributed by atoms with Crippen molar-refractivity contribution in [1.82, 2.24) is 0 Å². The second-order valence-electron chi connectivity index (χ2n) is 1.77. The zero-order valence-electron chi connectivity index (χ0n) is 4.54. The molecule has 0 heterocycles. The monoisotopic (exact) mass is 106 g/mol. The zero-order chi connectivity index (χ0) is 3.54. The molecule has 2 nitrogen and oxygen atoms in total. The van der Waals surface area contributed by atoms with Crippen LogP contribution in [0, 0.1) is 0 Å². The van der Waals surface area contributed by atoms with Crippen molar-refractivity contribution in [2.75, 3.05) is 0 Å². The van der Waals surface area contributed by atoms with Gasteiger partial charge < -0.3 is 11.0 Å². The molecule has 0 aliphatic heterocycles. The van der Waals surface area contributed by atoms with Gasteiger partial charge in [-0.2, -0.15) is 0 Å². The molecule has 46 valence electrons. The maximum Gasteiger partial charge on any atom is -0.0533 e. The quantitative estimate of drug-likeness (QED) is 0.426. The summed E-state index contributed by atoms with van der Waals surface area (Å²) in [7, 11) is 0. The molecule has 0 bridgehead atoms. The van der Waals surface area contributed by atoms with Crippen LogP contribution in [-0.4, -0.2) is 11.0 Å². The molecule has 0 saturated heterocycles. The molecule has 0 aromatic heterocycles. The smallest absolute Gasteiger partial charge is 0.0533 e. The van der Waals surface area contributed by atoms with Gasteiger partial charge in [0, 0.05) is 0 Å². The van der Waals surface area contributed by atoms with Crippen LogP contribution in [0.15, 0.2) is 0 Å². The van der Waals surface area contributed by atoms with E-state index in [9.17, 15) is 0 Å². The molecule has 2 heteroatoms. The standard InChI is InChI=1S/C5H10.2H2O/c1-2-4-5-3-1;;/h1-5H2;2*1H2. The topological polar surface area (TPSA) is 63.0 Å². The summed E-state index contributed by atoms with van der Waals surface area (Å²) in [6.07, 6.45) is 7.50. The normalized spacial score (nSPS) is 17.1. The van der Waals surface area contributed by atoms with Crippen LogP contribution in [0.4, 0.5) is 0 Å². The molecule has 4 N–H and O–H groups in total. The van der Waals surface area contributed by atoms with Gasteiger partial charge >= 0.3 is 0 Å². The lowest BCUT2D eigenvalue weighted by atomic mass is 10.4. The van der Waals surface area contributed by atoms with E-state index in [1.165, 1.54) is 32.1 Å². The average molecular weight is 106 g/mol. The Morgan fingerprint density at radius 1 is 0.429 bits per heavy atom. The molecule has 0 aromatic carbocycles. The van der Waals surface area contributed by atoms with Crippen LogP contribution in [0.3, 0.4) is 0 Å². The van der Waals surface area contributed by atoms with E-state index in [4.69, 9.17) is 0 Å². The first kappa shape index (κ1) is 10.0. The number of hydrogen-bond acceptors (Lipinski definition) is 0. The van der Waals surface area contributed by atoms with Crippen LogP contribution < -0.4 is 0 Å². The first-order valence-corrected chi connectivity index (χ1v) is 2.50. The van der Waals surface area contributed by atoms with Crippen molar-refractivity contribution in [2.24, 2.45) is 0 Å². The Bertz CT molecular complexity index is 17.7. The summed E-state index contributed by atoms with van der Waals surface area (Å²) >= 11 is 0. The lowest BCUT2D eigenvalue weighted by Gasteiger charge is -1.67. The van der Waals surface area contributed by atoms with E-state index < -0.39 is 0 Å². The fourth-order valence-corrected chi connectivity index (χ4v) is 0.884. The highest BCUT2D eigenvalue weighted by molar-refractivity contribution is 4.51. The Kier molecular flexibility index (Phi) is 8.47. The highest BCUT2D eigenvalue weighted by Crippen LogP contribution is 2.15. The van der Waals surface area contributed by atoms with Crippen LogP contribution >= 0.6 is 0 Å². The lowest BCUT2D eigenvalue weighted by Crippen LogP contribution is -1.47. The van der Waals surface area contributed by atoms with Gasteiger partial charge in [0.25, 0.3) is 0 Å². The second kappa shape index (κ2) is 5.92. The molecule has 0 spiro atoms. The van der Waals surface area contributed by atoms with Gasteiger partial charge in [-0.3, -0.25) is 0 Å². The van der Waals surface area contributed by atoms with Crippen molar-refractivity contribution in [1.29, 1.82) is 0 Å². The summed E-state index contributed by atoms with van der Waals surface area (Å²) in [6.45, 7) is 0. The van der Waals surface area contributed by atoms with Gasteiger partial charge in [-0.25, -0.2) is 0 Å². The Hall–Kier alpha value is -0.0800. The second-order valence-corrected chi connectivity index (χ2v) is 1.77. The van der Waals surface area contributed by atoms with Crippen molar-refractivity contribution < 1.29 is 11.0 Å².